The van der Waals surface area contributed by atoms with E-state index in [2.05, 4.69) is 47.6 Å². The van der Waals surface area contributed by atoms with Crippen LogP contribution in [-0.2, 0) is 11.2 Å². The van der Waals surface area contributed by atoms with Crippen molar-refractivity contribution in [2.45, 2.75) is 33.6 Å². The Morgan fingerprint density at radius 2 is 2.05 bits per heavy atom. The highest BCUT2D eigenvalue weighted by Crippen LogP contribution is 2.15. The Bertz CT molecular complexity index is 592. The quantitative estimate of drug-likeness (QED) is 0.933. The topological polar surface area (TPSA) is 54.9 Å². The first kappa shape index (κ1) is 13.7. The van der Waals surface area contributed by atoms with Gasteiger partial charge < -0.3 is 5.32 Å². The third-order valence-electron chi connectivity index (χ3n) is 2.89. The van der Waals surface area contributed by atoms with Crippen molar-refractivity contribution in [1.82, 2.24) is 10.2 Å². The third-order valence-corrected chi connectivity index (χ3v) is 3.65. The van der Waals surface area contributed by atoms with Gasteiger partial charge in [0.1, 0.15) is 5.01 Å². The molecule has 0 aliphatic carbocycles. The molecule has 1 N–H and O–H groups in total. The van der Waals surface area contributed by atoms with Gasteiger partial charge in [-0.25, -0.2) is 0 Å². The molecule has 0 saturated heterocycles. The second-order valence-corrected chi connectivity index (χ2v) is 5.79. The minimum atomic E-state index is -0.0175. The van der Waals surface area contributed by atoms with E-state index in [1.54, 1.807) is 0 Å². The van der Waals surface area contributed by atoms with Gasteiger partial charge in [0.25, 0.3) is 0 Å². The summed E-state index contributed by atoms with van der Waals surface area (Å²) in [5, 5.41) is 11.9. The monoisotopic (exact) mass is 275 g/mol. The van der Waals surface area contributed by atoms with Crippen LogP contribution in [0.25, 0.3) is 0 Å². The standard InChI is InChI=1S/C14H17N3OS/c1-9-4-5-12(10(2)8-9)6-7-13(18)15-14-17-16-11(3)19-14/h4-5,8H,6-7H2,1-3H3,(H,15,17,18). The minimum Gasteiger partial charge on any atom is -0.301 e. The summed E-state index contributed by atoms with van der Waals surface area (Å²) < 4.78 is 0. The van der Waals surface area contributed by atoms with Crippen molar-refractivity contribution in [2.75, 3.05) is 5.32 Å². The van der Waals surface area contributed by atoms with Crippen LogP contribution >= 0.6 is 11.3 Å². The lowest BCUT2D eigenvalue weighted by molar-refractivity contribution is -0.116. The van der Waals surface area contributed by atoms with Crippen LogP contribution in [0.1, 0.15) is 28.1 Å². The lowest BCUT2D eigenvalue weighted by Crippen LogP contribution is -2.12. The molecule has 1 amide bonds. The summed E-state index contributed by atoms with van der Waals surface area (Å²) in [7, 11) is 0. The van der Waals surface area contributed by atoms with Gasteiger partial charge in [0.2, 0.25) is 11.0 Å². The Kier molecular flexibility index (Phi) is 4.27. The Balaban J connectivity index is 1.89. The molecule has 100 valence electrons. The Labute approximate surface area is 116 Å². The van der Waals surface area contributed by atoms with Crippen molar-refractivity contribution in [2.24, 2.45) is 0 Å². The highest BCUT2D eigenvalue weighted by atomic mass is 32.1. The molecule has 2 rings (SSSR count). The second kappa shape index (κ2) is 5.93. The average Bonchev–Trinajstić information content (AvgIpc) is 2.73. The molecule has 0 unspecified atom stereocenters. The first-order valence-electron chi connectivity index (χ1n) is 6.20. The molecular weight excluding hydrogens is 258 g/mol. The van der Waals surface area contributed by atoms with Crippen molar-refractivity contribution >= 4 is 22.4 Å². The molecule has 4 nitrogen and oxygen atoms in total. The number of carbonyl (C=O) groups is 1. The maximum absolute atomic E-state index is 11.8. The number of aryl methyl sites for hydroxylation is 4. The number of amides is 1. The number of benzene rings is 1. The summed E-state index contributed by atoms with van der Waals surface area (Å²) in [4.78, 5) is 11.8. The number of hydrogen-bond donors (Lipinski definition) is 1. The van der Waals surface area contributed by atoms with Crippen LogP contribution in [0.2, 0.25) is 0 Å². The van der Waals surface area contributed by atoms with Crippen LogP contribution in [0, 0.1) is 20.8 Å². The number of anilines is 1. The summed E-state index contributed by atoms with van der Waals surface area (Å²) >= 11 is 1.39. The van der Waals surface area contributed by atoms with E-state index in [0.29, 0.717) is 11.6 Å². The highest BCUT2D eigenvalue weighted by Gasteiger charge is 2.07. The van der Waals surface area contributed by atoms with Crippen LogP contribution in [0.3, 0.4) is 0 Å². The van der Waals surface area contributed by atoms with Crippen LogP contribution in [0.5, 0.6) is 0 Å². The molecular formula is C14H17N3OS. The molecule has 19 heavy (non-hydrogen) atoms. The SMILES string of the molecule is Cc1ccc(CCC(=O)Nc2nnc(C)s2)c(C)c1. The van der Waals surface area contributed by atoms with Gasteiger partial charge in [-0.3, -0.25) is 4.79 Å². The molecule has 1 heterocycles. The first-order valence-corrected chi connectivity index (χ1v) is 7.02. The fraction of sp³-hybridized carbons (Fsp3) is 0.357. The van der Waals surface area contributed by atoms with Gasteiger partial charge in [0.05, 0.1) is 0 Å². The van der Waals surface area contributed by atoms with Crippen molar-refractivity contribution in [3.05, 3.63) is 39.9 Å². The van der Waals surface area contributed by atoms with Gasteiger partial charge in [-0.15, -0.1) is 10.2 Å². The molecule has 5 heteroatoms. The van der Waals surface area contributed by atoms with Gasteiger partial charge in [-0.1, -0.05) is 35.1 Å². The van der Waals surface area contributed by atoms with Crippen molar-refractivity contribution < 1.29 is 4.79 Å². The molecule has 0 radical (unpaired) electrons. The minimum absolute atomic E-state index is 0.0175. The maximum atomic E-state index is 11.8. The zero-order chi connectivity index (χ0) is 13.8. The Hall–Kier alpha value is -1.75. The maximum Gasteiger partial charge on any atom is 0.226 e. The van der Waals surface area contributed by atoms with Gasteiger partial charge in [0.15, 0.2) is 0 Å². The predicted molar refractivity (Wildman–Crippen MR) is 77.5 cm³/mol. The van der Waals surface area contributed by atoms with E-state index in [4.69, 9.17) is 0 Å². The van der Waals surface area contributed by atoms with Crippen molar-refractivity contribution in [1.29, 1.82) is 0 Å². The van der Waals surface area contributed by atoms with Gasteiger partial charge in [0, 0.05) is 6.42 Å². The molecule has 0 atom stereocenters. The molecule has 0 fully saturated rings. The molecule has 0 spiro atoms. The molecule has 0 saturated carbocycles. The third kappa shape index (κ3) is 3.86. The second-order valence-electron chi connectivity index (χ2n) is 4.60. The summed E-state index contributed by atoms with van der Waals surface area (Å²) in [5.74, 6) is -0.0175. The van der Waals surface area contributed by atoms with Crippen LogP contribution in [-0.4, -0.2) is 16.1 Å². The van der Waals surface area contributed by atoms with E-state index in [1.807, 2.05) is 6.92 Å². The summed E-state index contributed by atoms with van der Waals surface area (Å²) in [6.07, 6.45) is 1.21. The number of aromatic nitrogens is 2. The summed E-state index contributed by atoms with van der Waals surface area (Å²) in [5.41, 5.74) is 3.70. The Morgan fingerprint density at radius 3 is 2.68 bits per heavy atom. The summed E-state index contributed by atoms with van der Waals surface area (Å²) in [6.45, 7) is 6.01. The van der Waals surface area contributed by atoms with E-state index < -0.39 is 0 Å². The van der Waals surface area contributed by atoms with E-state index >= 15 is 0 Å². The van der Waals surface area contributed by atoms with Crippen LogP contribution in [0.4, 0.5) is 5.13 Å². The van der Waals surface area contributed by atoms with Gasteiger partial charge in [-0.2, -0.15) is 0 Å². The van der Waals surface area contributed by atoms with Crippen LogP contribution < -0.4 is 5.32 Å². The Morgan fingerprint density at radius 1 is 1.26 bits per heavy atom. The fourth-order valence-electron chi connectivity index (χ4n) is 1.90. The lowest BCUT2D eigenvalue weighted by Gasteiger charge is -2.06. The van der Waals surface area contributed by atoms with E-state index in [1.165, 1.54) is 28.0 Å². The highest BCUT2D eigenvalue weighted by molar-refractivity contribution is 7.15. The lowest BCUT2D eigenvalue weighted by atomic mass is 10.0. The number of rotatable bonds is 4. The van der Waals surface area contributed by atoms with E-state index in [0.717, 1.165) is 11.4 Å². The number of nitrogens with zero attached hydrogens (tertiary/aromatic N) is 2. The molecule has 1 aromatic heterocycles. The van der Waals surface area contributed by atoms with Gasteiger partial charge >= 0.3 is 0 Å². The van der Waals surface area contributed by atoms with E-state index in [9.17, 15) is 4.79 Å². The molecule has 0 aliphatic rings. The predicted octanol–water partition coefficient (Wildman–Crippen LogP) is 3.03. The average molecular weight is 275 g/mol. The molecule has 1 aromatic carbocycles. The normalized spacial score (nSPS) is 10.5. The number of carbonyl (C=O) groups excluding carboxylic acids is 1. The molecule has 0 bridgehead atoms. The van der Waals surface area contributed by atoms with Crippen LogP contribution in [0.15, 0.2) is 18.2 Å². The van der Waals surface area contributed by atoms with E-state index in [-0.39, 0.29) is 5.91 Å². The van der Waals surface area contributed by atoms with Crippen molar-refractivity contribution in [3.63, 3.8) is 0 Å². The zero-order valence-electron chi connectivity index (χ0n) is 11.4. The number of nitrogens with one attached hydrogen (secondary N) is 1. The smallest absolute Gasteiger partial charge is 0.226 e. The largest absolute Gasteiger partial charge is 0.301 e. The van der Waals surface area contributed by atoms with Crippen molar-refractivity contribution in [3.8, 4) is 0 Å². The first-order chi connectivity index (χ1) is 9.04. The summed E-state index contributed by atoms with van der Waals surface area (Å²) in [6, 6.07) is 6.31. The molecule has 2 aromatic rings. The van der Waals surface area contributed by atoms with Gasteiger partial charge in [-0.05, 0) is 38.3 Å². The zero-order valence-corrected chi connectivity index (χ0v) is 12.2. The molecule has 0 aliphatic heterocycles. The fourth-order valence-corrected chi connectivity index (χ4v) is 2.51. The number of hydrogen-bond acceptors (Lipinski definition) is 4.